The Labute approximate surface area is 143 Å². The van der Waals surface area contributed by atoms with Crippen molar-refractivity contribution in [1.29, 1.82) is 0 Å². The van der Waals surface area contributed by atoms with Crippen molar-refractivity contribution in [3.05, 3.63) is 63.9 Å². The number of tetrazole rings is 1. The van der Waals surface area contributed by atoms with Gasteiger partial charge in [-0.25, -0.2) is 9.07 Å². The van der Waals surface area contributed by atoms with Crippen LogP contribution in [0.3, 0.4) is 0 Å². The van der Waals surface area contributed by atoms with Crippen LogP contribution in [0.15, 0.2) is 41.8 Å². The van der Waals surface area contributed by atoms with Gasteiger partial charge in [0.15, 0.2) is 6.04 Å². The standard InChI is InChI=1S/C17H18FN5S/c18-14-7-5-13(6-8-14)12-23-17(19-20-21-23)16(15-4-3-11-24-15)22-9-1-2-10-22/h3-8,11,16H,1-2,9-10,12H2/p+1/t16-/m0/s1. The van der Waals surface area contributed by atoms with Gasteiger partial charge in [0.25, 0.3) is 0 Å². The van der Waals surface area contributed by atoms with Crippen molar-refractivity contribution in [2.24, 2.45) is 0 Å². The molecule has 0 radical (unpaired) electrons. The fraction of sp³-hybridized carbons (Fsp3) is 0.353. The van der Waals surface area contributed by atoms with Crippen LogP contribution in [0, 0.1) is 5.82 Å². The van der Waals surface area contributed by atoms with E-state index in [1.165, 1.54) is 34.8 Å². The lowest BCUT2D eigenvalue weighted by Gasteiger charge is -2.22. The lowest BCUT2D eigenvalue weighted by Crippen LogP contribution is -3.10. The summed E-state index contributed by atoms with van der Waals surface area (Å²) in [5.41, 5.74) is 0.992. The van der Waals surface area contributed by atoms with Gasteiger partial charge in [0, 0.05) is 12.8 Å². The molecule has 0 saturated carbocycles. The Morgan fingerprint density at radius 2 is 1.96 bits per heavy atom. The molecule has 0 spiro atoms. The van der Waals surface area contributed by atoms with Gasteiger partial charge < -0.3 is 4.90 Å². The highest BCUT2D eigenvalue weighted by Crippen LogP contribution is 2.23. The summed E-state index contributed by atoms with van der Waals surface area (Å²) in [6.45, 7) is 2.84. The van der Waals surface area contributed by atoms with Crippen molar-refractivity contribution in [3.63, 3.8) is 0 Å². The van der Waals surface area contributed by atoms with Crippen molar-refractivity contribution in [2.75, 3.05) is 13.1 Å². The van der Waals surface area contributed by atoms with E-state index in [0.717, 1.165) is 24.5 Å². The lowest BCUT2D eigenvalue weighted by molar-refractivity contribution is -0.914. The van der Waals surface area contributed by atoms with E-state index >= 15 is 0 Å². The molecule has 3 heterocycles. The van der Waals surface area contributed by atoms with E-state index in [1.54, 1.807) is 23.5 Å². The first-order chi connectivity index (χ1) is 11.8. The highest BCUT2D eigenvalue weighted by molar-refractivity contribution is 7.10. The summed E-state index contributed by atoms with van der Waals surface area (Å²) in [6, 6.07) is 10.9. The predicted molar refractivity (Wildman–Crippen MR) is 89.4 cm³/mol. The van der Waals surface area contributed by atoms with Crippen molar-refractivity contribution in [2.45, 2.75) is 25.4 Å². The molecule has 1 aliphatic rings. The third-order valence-corrected chi connectivity index (χ3v) is 5.48. The van der Waals surface area contributed by atoms with Crippen molar-refractivity contribution < 1.29 is 9.29 Å². The number of quaternary nitrogens is 1. The molecule has 0 amide bonds. The van der Waals surface area contributed by atoms with E-state index in [4.69, 9.17) is 0 Å². The van der Waals surface area contributed by atoms with Gasteiger partial charge in [-0.05, 0) is 39.6 Å². The number of hydrogen-bond acceptors (Lipinski definition) is 4. The molecule has 24 heavy (non-hydrogen) atoms. The first-order valence-corrected chi connectivity index (χ1v) is 9.08. The average molecular weight is 344 g/mol. The molecule has 4 rings (SSSR count). The summed E-state index contributed by atoms with van der Waals surface area (Å²) in [5.74, 6) is 0.660. The second-order valence-electron chi connectivity index (χ2n) is 6.13. The fourth-order valence-corrected chi connectivity index (χ4v) is 4.26. The van der Waals surface area contributed by atoms with Crippen molar-refractivity contribution >= 4 is 11.3 Å². The maximum Gasteiger partial charge on any atom is 0.215 e. The molecule has 7 heteroatoms. The number of hydrogen-bond donors (Lipinski definition) is 1. The molecule has 0 aliphatic carbocycles. The lowest BCUT2D eigenvalue weighted by atomic mass is 10.2. The average Bonchev–Trinajstić information content (AvgIpc) is 3.34. The van der Waals surface area contributed by atoms with Crippen LogP contribution < -0.4 is 4.90 Å². The van der Waals surface area contributed by atoms with Gasteiger partial charge in [0.05, 0.1) is 24.5 Å². The highest BCUT2D eigenvalue weighted by atomic mass is 32.1. The van der Waals surface area contributed by atoms with Crippen LogP contribution in [0.5, 0.6) is 0 Å². The Hall–Kier alpha value is -2.12. The fourth-order valence-electron chi connectivity index (χ4n) is 3.38. The quantitative estimate of drug-likeness (QED) is 0.766. The SMILES string of the molecule is Fc1ccc(Cn2nnnc2[C@H](c2cccs2)[NH+]2CCCC2)cc1. The number of aromatic nitrogens is 4. The largest absolute Gasteiger partial charge is 0.322 e. The number of likely N-dealkylation sites (tertiary alicyclic amines) is 1. The third kappa shape index (κ3) is 3.09. The molecule has 124 valence electrons. The van der Waals surface area contributed by atoms with E-state index in [1.807, 2.05) is 4.68 Å². The minimum atomic E-state index is -0.228. The van der Waals surface area contributed by atoms with Crippen LogP contribution in [0.25, 0.3) is 0 Å². The third-order valence-electron chi connectivity index (χ3n) is 4.55. The second kappa shape index (κ2) is 6.78. The topological polar surface area (TPSA) is 48.0 Å². The van der Waals surface area contributed by atoms with Gasteiger partial charge in [0.1, 0.15) is 5.82 Å². The smallest absolute Gasteiger partial charge is 0.215 e. The first-order valence-electron chi connectivity index (χ1n) is 8.20. The van der Waals surface area contributed by atoms with E-state index in [-0.39, 0.29) is 11.9 Å². The Bertz CT molecular complexity index is 778. The minimum absolute atomic E-state index is 0.169. The van der Waals surface area contributed by atoms with Gasteiger partial charge in [-0.15, -0.1) is 16.4 Å². The molecule has 3 aromatic rings. The Morgan fingerprint density at radius 3 is 2.67 bits per heavy atom. The van der Waals surface area contributed by atoms with Gasteiger partial charge in [-0.1, -0.05) is 18.2 Å². The zero-order valence-electron chi connectivity index (χ0n) is 13.2. The number of benzene rings is 1. The summed E-state index contributed by atoms with van der Waals surface area (Å²) in [6.07, 6.45) is 2.49. The molecule has 0 unspecified atom stereocenters. The van der Waals surface area contributed by atoms with E-state index in [2.05, 4.69) is 33.0 Å². The number of rotatable bonds is 5. The molecule has 1 aliphatic heterocycles. The number of halogens is 1. The van der Waals surface area contributed by atoms with Crippen LogP contribution in [-0.4, -0.2) is 33.3 Å². The zero-order chi connectivity index (χ0) is 16.4. The summed E-state index contributed by atoms with van der Waals surface area (Å²) in [4.78, 5) is 2.81. The molecular weight excluding hydrogens is 325 g/mol. The maximum absolute atomic E-state index is 13.1. The Balaban J connectivity index is 1.66. The summed E-state index contributed by atoms with van der Waals surface area (Å²) < 4.78 is 15.0. The Kier molecular flexibility index (Phi) is 4.36. The summed E-state index contributed by atoms with van der Waals surface area (Å²) in [7, 11) is 0. The van der Waals surface area contributed by atoms with Gasteiger partial charge in [-0.3, -0.25) is 0 Å². The molecule has 1 fully saturated rings. The molecule has 1 aromatic carbocycles. The molecule has 2 aromatic heterocycles. The minimum Gasteiger partial charge on any atom is -0.322 e. The summed E-state index contributed by atoms with van der Waals surface area (Å²) >= 11 is 1.75. The summed E-state index contributed by atoms with van der Waals surface area (Å²) in [5, 5.41) is 14.6. The molecule has 1 atom stereocenters. The van der Waals surface area contributed by atoms with Crippen LogP contribution in [-0.2, 0) is 6.54 Å². The number of nitrogens with zero attached hydrogens (tertiary/aromatic N) is 4. The van der Waals surface area contributed by atoms with Crippen molar-refractivity contribution in [3.8, 4) is 0 Å². The number of thiophene rings is 1. The van der Waals surface area contributed by atoms with E-state index in [0.29, 0.717) is 6.54 Å². The van der Waals surface area contributed by atoms with E-state index < -0.39 is 0 Å². The van der Waals surface area contributed by atoms with Gasteiger partial charge in [0.2, 0.25) is 5.82 Å². The van der Waals surface area contributed by atoms with Crippen LogP contribution in [0.4, 0.5) is 4.39 Å². The van der Waals surface area contributed by atoms with Crippen LogP contribution in [0.2, 0.25) is 0 Å². The maximum atomic E-state index is 13.1. The monoisotopic (exact) mass is 344 g/mol. The first kappa shape index (κ1) is 15.4. The van der Waals surface area contributed by atoms with Gasteiger partial charge in [-0.2, -0.15) is 0 Å². The van der Waals surface area contributed by atoms with E-state index in [9.17, 15) is 4.39 Å². The molecule has 5 nitrogen and oxygen atoms in total. The molecule has 1 N–H and O–H groups in total. The highest BCUT2D eigenvalue weighted by Gasteiger charge is 2.34. The zero-order valence-corrected chi connectivity index (χ0v) is 14.0. The normalized spacial score (nSPS) is 16.5. The molecular formula is C17H19FN5S+. The van der Waals surface area contributed by atoms with Crippen LogP contribution in [0.1, 0.15) is 35.1 Å². The van der Waals surface area contributed by atoms with Crippen molar-refractivity contribution in [1.82, 2.24) is 20.2 Å². The van der Waals surface area contributed by atoms with Gasteiger partial charge >= 0.3 is 0 Å². The second-order valence-corrected chi connectivity index (χ2v) is 7.11. The number of nitrogens with one attached hydrogen (secondary N) is 1. The predicted octanol–water partition coefficient (Wildman–Crippen LogP) is 1.69. The molecule has 1 saturated heterocycles. The Morgan fingerprint density at radius 1 is 1.17 bits per heavy atom. The van der Waals surface area contributed by atoms with Crippen LogP contribution >= 0.6 is 11.3 Å². The molecule has 0 bridgehead atoms.